The first-order valence-electron chi connectivity index (χ1n) is 25.3. The average Bonchev–Trinajstić information content (AvgIpc) is 3.37. The SMILES string of the molecule is CCCCCCCCC/C=C/C=C/C=C/C=C\C=C\C=C\C(=O)Oc1c(/C=C\C(=O)CC(=O)/C=C/c2cccc(OC)c2OC(=O)/C=C/C=C/C=C/C=C/C=C/CCCCCCCCC)cccc1OC. The first-order chi connectivity index (χ1) is 34.8. The second-order valence-electron chi connectivity index (χ2n) is 16.5. The van der Waals surface area contributed by atoms with Gasteiger partial charge in [-0.3, -0.25) is 9.59 Å². The summed E-state index contributed by atoms with van der Waals surface area (Å²) in [5.41, 5.74) is 0.806. The van der Waals surface area contributed by atoms with Gasteiger partial charge in [-0.25, -0.2) is 9.59 Å². The van der Waals surface area contributed by atoms with E-state index >= 15 is 0 Å². The van der Waals surface area contributed by atoms with Gasteiger partial charge in [0.25, 0.3) is 0 Å². The van der Waals surface area contributed by atoms with Crippen molar-refractivity contribution in [2.24, 2.45) is 0 Å². The lowest BCUT2D eigenvalue weighted by Crippen LogP contribution is -2.07. The van der Waals surface area contributed by atoms with Crippen molar-refractivity contribution in [3.63, 3.8) is 0 Å². The molecule has 2 aromatic carbocycles. The molecule has 0 bridgehead atoms. The van der Waals surface area contributed by atoms with Crippen molar-refractivity contribution in [1.82, 2.24) is 0 Å². The molecule has 0 fully saturated rings. The van der Waals surface area contributed by atoms with Crippen LogP contribution in [0.4, 0.5) is 0 Å². The van der Waals surface area contributed by atoms with Gasteiger partial charge in [0.2, 0.25) is 0 Å². The second-order valence-corrected chi connectivity index (χ2v) is 16.5. The quantitative estimate of drug-likeness (QED) is 0.0165. The number of esters is 2. The van der Waals surface area contributed by atoms with E-state index in [1.807, 2.05) is 60.8 Å². The molecule has 378 valence electrons. The number of hydrogen-bond donors (Lipinski definition) is 0. The maximum Gasteiger partial charge on any atom is 0.336 e. The molecule has 0 aromatic heterocycles. The van der Waals surface area contributed by atoms with Crippen LogP contribution in [0.15, 0.2) is 182 Å². The fraction of sp³-hybridized carbons (Fsp3) is 0.333. The van der Waals surface area contributed by atoms with Gasteiger partial charge in [0.1, 0.15) is 0 Å². The number of carbonyl (C=O) groups excluding carboxylic acids is 4. The summed E-state index contributed by atoms with van der Waals surface area (Å²) in [5, 5.41) is 0. The zero-order valence-corrected chi connectivity index (χ0v) is 42.8. The van der Waals surface area contributed by atoms with E-state index in [0.717, 1.165) is 12.8 Å². The summed E-state index contributed by atoms with van der Waals surface area (Å²) in [6, 6.07) is 9.97. The molecule has 2 aromatic rings. The lowest BCUT2D eigenvalue weighted by atomic mass is 10.1. The second kappa shape index (κ2) is 41.9. The van der Waals surface area contributed by atoms with E-state index in [-0.39, 0.29) is 17.2 Å². The Labute approximate surface area is 425 Å². The van der Waals surface area contributed by atoms with Crippen LogP contribution in [0.3, 0.4) is 0 Å². The number of benzene rings is 2. The normalized spacial score (nSPS) is 12.7. The number of ketones is 2. The summed E-state index contributed by atoms with van der Waals surface area (Å²) in [6.45, 7) is 4.48. The maximum atomic E-state index is 12.9. The van der Waals surface area contributed by atoms with Gasteiger partial charge in [-0.1, -0.05) is 237 Å². The minimum Gasteiger partial charge on any atom is -0.493 e. The number of rotatable bonds is 37. The third-order valence-electron chi connectivity index (χ3n) is 10.6. The Hall–Kier alpha value is -7.06. The van der Waals surface area contributed by atoms with Gasteiger partial charge < -0.3 is 18.9 Å². The molecule has 0 aliphatic rings. The van der Waals surface area contributed by atoms with E-state index in [0.29, 0.717) is 16.9 Å². The molecular weight excluding hydrogens is 885 g/mol. The van der Waals surface area contributed by atoms with Crippen molar-refractivity contribution in [1.29, 1.82) is 0 Å². The van der Waals surface area contributed by atoms with Crippen molar-refractivity contribution in [3.8, 4) is 23.0 Å². The third-order valence-corrected chi connectivity index (χ3v) is 10.6. The van der Waals surface area contributed by atoms with Crippen LogP contribution in [0.1, 0.15) is 134 Å². The van der Waals surface area contributed by atoms with Crippen LogP contribution >= 0.6 is 0 Å². The number of carbonyl (C=O) groups is 4. The zero-order valence-electron chi connectivity index (χ0n) is 42.8. The summed E-state index contributed by atoms with van der Waals surface area (Å²) < 4.78 is 22.0. The Balaban J connectivity index is 1.87. The molecule has 2 rings (SSSR count). The maximum absolute atomic E-state index is 12.9. The topological polar surface area (TPSA) is 105 Å². The summed E-state index contributed by atoms with van der Waals surface area (Å²) in [4.78, 5) is 51.3. The predicted molar refractivity (Wildman–Crippen MR) is 296 cm³/mol. The molecule has 8 nitrogen and oxygen atoms in total. The first kappa shape index (κ1) is 60.1. The van der Waals surface area contributed by atoms with Gasteiger partial charge in [0.15, 0.2) is 34.6 Å². The molecule has 0 spiro atoms. The fourth-order valence-electron chi connectivity index (χ4n) is 6.75. The van der Waals surface area contributed by atoms with Crippen LogP contribution in [0.2, 0.25) is 0 Å². The van der Waals surface area contributed by atoms with Crippen molar-refractivity contribution in [2.75, 3.05) is 14.2 Å². The molecule has 0 heterocycles. The minimum atomic E-state index is -0.645. The summed E-state index contributed by atoms with van der Waals surface area (Å²) in [7, 11) is 2.89. The molecular formula is C63H78O8. The average molecular weight is 963 g/mol. The minimum absolute atomic E-state index is 0.123. The molecule has 0 radical (unpaired) electrons. The highest BCUT2D eigenvalue weighted by Gasteiger charge is 2.15. The van der Waals surface area contributed by atoms with Gasteiger partial charge >= 0.3 is 11.9 Å². The number of methoxy groups -OCH3 is 2. The molecule has 0 aliphatic heterocycles. The highest BCUT2D eigenvalue weighted by molar-refractivity contribution is 6.11. The van der Waals surface area contributed by atoms with Crippen molar-refractivity contribution in [2.45, 2.75) is 123 Å². The van der Waals surface area contributed by atoms with Crippen LogP contribution in [0, 0.1) is 0 Å². The number of unbranched alkanes of at least 4 members (excludes halogenated alkanes) is 14. The molecule has 71 heavy (non-hydrogen) atoms. The molecule has 0 N–H and O–H groups in total. The van der Waals surface area contributed by atoms with E-state index in [1.165, 1.54) is 141 Å². The van der Waals surface area contributed by atoms with Crippen LogP contribution in [0.25, 0.3) is 12.2 Å². The largest absolute Gasteiger partial charge is 0.493 e. The standard InChI is InChI=1S/C63H78O8/c1-5-7-9-11-13-15-17-19-21-23-24-26-28-30-32-34-36-38-40-48-61(67)71-63-55(44-42-46-59(63)69-4)50-52-57(65)53-56(64)51-49-54-43-41-45-58(68-3)62(54)70-60(66)47-39-37-35-33-31-29-27-25-22-20-18-16-14-12-10-8-6-2/h21-52H,5-20,53H2,1-4H3/b23-21+,25-22+,26-24+,29-27+,30-28+,33-31+,34-32-,37-35+,38-36+,47-39+,48-40+,51-49+,52-50-. The Bertz CT molecular complexity index is 2270. The molecule has 0 saturated heterocycles. The Morgan fingerprint density at radius 2 is 0.718 bits per heavy atom. The molecule has 0 unspecified atom stereocenters. The van der Waals surface area contributed by atoms with Crippen LogP contribution in [-0.2, 0) is 19.2 Å². The lowest BCUT2D eigenvalue weighted by Gasteiger charge is -2.11. The Morgan fingerprint density at radius 3 is 1.07 bits per heavy atom. The fourth-order valence-corrected chi connectivity index (χ4v) is 6.75. The zero-order chi connectivity index (χ0) is 51.3. The molecule has 0 atom stereocenters. The van der Waals surface area contributed by atoms with E-state index in [1.54, 1.807) is 72.9 Å². The van der Waals surface area contributed by atoms with Gasteiger partial charge in [0, 0.05) is 23.3 Å². The Kier molecular flexibility index (Phi) is 35.4. The molecule has 0 aliphatic carbocycles. The summed E-state index contributed by atoms with van der Waals surface area (Å²) in [5.74, 6) is -1.42. The predicted octanol–water partition coefficient (Wildman–Crippen LogP) is 16.2. The molecule has 0 saturated carbocycles. The van der Waals surface area contributed by atoms with E-state index in [4.69, 9.17) is 18.9 Å². The van der Waals surface area contributed by atoms with Gasteiger partial charge in [0.05, 0.1) is 20.6 Å². The number of para-hydroxylation sites is 2. The molecule has 8 heteroatoms. The van der Waals surface area contributed by atoms with Crippen LogP contribution < -0.4 is 18.9 Å². The van der Waals surface area contributed by atoms with Gasteiger partial charge in [-0.05, 0) is 62.1 Å². The third kappa shape index (κ3) is 30.9. The van der Waals surface area contributed by atoms with Crippen molar-refractivity contribution >= 4 is 35.7 Å². The number of hydrogen-bond acceptors (Lipinski definition) is 8. The monoisotopic (exact) mass is 963 g/mol. The van der Waals surface area contributed by atoms with Crippen LogP contribution in [0.5, 0.6) is 23.0 Å². The lowest BCUT2D eigenvalue weighted by molar-refractivity contribution is -0.130. The smallest absolute Gasteiger partial charge is 0.336 e. The summed E-state index contributed by atoms with van der Waals surface area (Å²) in [6.07, 6.45) is 66.1. The van der Waals surface area contributed by atoms with Crippen molar-refractivity contribution < 1.29 is 38.1 Å². The Morgan fingerprint density at radius 1 is 0.394 bits per heavy atom. The van der Waals surface area contributed by atoms with E-state index in [9.17, 15) is 19.2 Å². The van der Waals surface area contributed by atoms with Crippen molar-refractivity contribution in [3.05, 3.63) is 193 Å². The highest BCUT2D eigenvalue weighted by Crippen LogP contribution is 2.33. The first-order valence-corrected chi connectivity index (χ1v) is 25.3. The molecule has 0 amide bonds. The number of ether oxygens (including phenoxy) is 4. The van der Waals surface area contributed by atoms with E-state index in [2.05, 4.69) is 38.2 Å². The number of allylic oxidation sites excluding steroid dienone is 22. The van der Waals surface area contributed by atoms with Gasteiger partial charge in [-0.15, -0.1) is 0 Å². The highest BCUT2D eigenvalue weighted by atomic mass is 16.6. The van der Waals surface area contributed by atoms with E-state index < -0.39 is 29.9 Å². The van der Waals surface area contributed by atoms with Gasteiger partial charge in [-0.2, -0.15) is 0 Å². The summed E-state index contributed by atoms with van der Waals surface area (Å²) >= 11 is 0. The van der Waals surface area contributed by atoms with Crippen LogP contribution in [-0.4, -0.2) is 37.7 Å².